The number of hydrogen-bond acceptors (Lipinski definition) is 6. The van der Waals surface area contributed by atoms with Crippen molar-refractivity contribution in [2.24, 2.45) is 0 Å². The van der Waals surface area contributed by atoms with E-state index in [4.69, 9.17) is 4.74 Å². The first-order chi connectivity index (χ1) is 12.0. The van der Waals surface area contributed by atoms with Gasteiger partial charge in [-0.25, -0.2) is 14.8 Å². The SMILES string of the molecule is COc1cc(C)c(C(=O)O)cc1-c1cnc(N2CCCC(O)C2)nc1. The monoisotopic (exact) mass is 343 g/mol. The average molecular weight is 343 g/mol. The topological polar surface area (TPSA) is 95.8 Å². The number of nitrogens with zero attached hydrogens (tertiary/aromatic N) is 3. The summed E-state index contributed by atoms with van der Waals surface area (Å²) in [7, 11) is 1.54. The van der Waals surface area contributed by atoms with Crippen molar-refractivity contribution >= 4 is 11.9 Å². The molecule has 1 aromatic carbocycles. The second-order valence-electron chi connectivity index (χ2n) is 6.19. The molecular weight excluding hydrogens is 322 g/mol. The number of β-amino-alcohol motifs (C(OH)–C–C–N with tert-alkyl or cyclic N) is 1. The lowest BCUT2D eigenvalue weighted by atomic mass is 10.0. The number of anilines is 1. The first-order valence-electron chi connectivity index (χ1n) is 8.17. The molecule has 0 saturated carbocycles. The third-order valence-electron chi connectivity index (χ3n) is 4.41. The molecule has 132 valence electrons. The third kappa shape index (κ3) is 3.56. The van der Waals surface area contributed by atoms with Crippen molar-refractivity contribution < 1.29 is 19.7 Å². The number of benzene rings is 1. The minimum Gasteiger partial charge on any atom is -0.496 e. The summed E-state index contributed by atoms with van der Waals surface area (Å²) in [5, 5.41) is 19.1. The molecule has 1 fully saturated rings. The lowest BCUT2D eigenvalue weighted by Crippen LogP contribution is -2.39. The maximum absolute atomic E-state index is 11.4. The molecule has 1 aromatic heterocycles. The van der Waals surface area contributed by atoms with E-state index in [1.165, 1.54) is 0 Å². The van der Waals surface area contributed by atoms with Crippen molar-refractivity contribution in [2.75, 3.05) is 25.1 Å². The van der Waals surface area contributed by atoms with Crippen molar-refractivity contribution in [1.29, 1.82) is 0 Å². The van der Waals surface area contributed by atoms with Gasteiger partial charge in [0.25, 0.3) is 0 Å². The summed E-state index contributed by atoms with van der Waals surface area (Å²) in [5.74, 6) is 0.153. The molecule has 7 nitrogen and oxygen atoms in total. The maximum Gasteiger partial charge on any atom is 0.335 e. The van der Waals surface area contributed by atoms with E-state index in [0.717, 1.165) is 19.4 Å². The van der Waals surface area contributed by atoms with E-state index in [2.05, 4.69) is 9.97 Å². The molecule has 2 aromatic rings. The highest BCUT2D eigenvalue weighted by Gasteiger charge is 2.20. The maximum atomic E-state index is 11.4. The van der Waals surface area contributed by atoms with Crippen LogP contribution in [0.15, 0.2) is 24.5 Å². The van der Waals surface area contributed by atoms with Gasteiger partial charge in [-0.15, -0.1) is 0 Å². The Kier molecular flexibility index (Phi) is 4.85. The minimum absolute atomic E-state index is 0.221. The number of carboxylic acids is 1. The van der Waals surface area contributed by atoms with Gasteiger partial charge in [0.2, 0.25) is 5.95 Å². The van der Waals surface area contributed by atoms with Gasteiger partial charge >= 0.3 is 5.97 Å². The molecule has 1 saturated heterocycles. The Bertz CT molecular complexity index is 777. The van der Waals surface area contributed by atoms with Crippen LogP contribution in [0.3, 0.4) is 0 Å². The zero-order valence-electron chi connectivity index (χ0n) is 14.3. The highest BCUT2D eigenvalue weighted by Crippen LogP contribution is 2.32. The van der Waals surface area contributed by atoms with Crippen molar-refractivity contribution in [1.82, 2.24) is 9.97 Å². The molecule has 0 spiro atoms. The first-order valence-corrected chi connectivity index (χ1v) is 8.17. The molecule has 7 heteroatoms. The van der Waals surface area contributed by atoms with Gasteiger partial charge in [-0.3, -0.25) is 0 Å². The standard InChI is InChI=1S/C18H21N3O4/c1-11-6-16(25-2)15(7-14(11)17(23)24)12-8-19-18(20-9-12)21-5-3-4-13(22)10-21/h6-9,13,22H,3-5,10H2,1-2H3,(H,23,24). The zero-order chi connectivity index (χ0) is 18.0. The number of aliphatic hydroxyl groups is 1. The Morgan fingerprint density at radius 3 is 2.64 bits per heavy atom. The molecule has 2 heterocycles. The van der Waals surface area contributed by atoms with E-state index in [1.54, 1.807) is 38.6 Å². The average Bonchev–Trinajstić information content (AvgIpc) is 2.61. The normalized spacial score (nSPS) is 17.4. The van der Waals surface area contributed by atoms with Crippen LogP contribution in [0, 0.1) is 6.92 Å². The quantitative estimate of drug-likeness (QED) is 0.878. The Morgan fingerprint density at radius 2 is 2.04 bits per heavy atom. The van der Waals surface area contributed by atoms with Crippen LogP contribution in [0.2, 0.25) is 0 Å². The Hall–Kier alpha value is -2.67. The van der Waals surface area contributed by atoms with Crippen LogP contribution in [-0.4, -0.2) is 52.5 Å². The van der Waals surface area contributed by atoms with Gasteiger partial charge in [-0.2, -0.15) is 0 Å². The van der Waals surface area contributed by atoms with E-state index in [0.29, 0.717) is 34.9 Å². The zero-order valence-corrected chi connectivity index (χ0v) is 14.3. The molecular formula is C18H21N3O4. The summed E-state index contributed by atoms with van der Waals surface area (Å²) < 4.78 is 5.38. The van der Waals surface area contributed by atoms with Gasteiger partial charge in [-0.05, 0) is 37.5 Å². The Labute approximate surface area is 145 Å². The van der Waals surface area contributed by atoms with E-state index in [9.17, 15) is 15.0 Å². The predicted molar refractivity (Wildman–Crippen MR) is 93.2 cm³/mol. The van der Waals surface area contributed by atoms with Crippen LogP contribution in [0.5, 0.6) is 5.75 Å². The number of aryl methyl sites for hydroxylation is 1. The van der Waals surface area contributed by atoms with Gasteiger partial charge in [0, 0.05) is 36.6 Å². The second kappa shape index (κ2) is 7.06. The summed E-state index contributed by atoms with van der Waals surface area (Å²) in [6.07, 6.45) is 4.66. The van der Waals surface area contributed by atoms with E-state index in [1.807, 2.05) is 4.90 Å². The minimum atomic E-state index is -0.985. The number of methoxy groups -OCH3 is 1. The number of carbonyl (C=O) groups is 1. The second-order valence-corrected chi connectivity index (χ2v) is 6.19. The molecule has 1 aliphatic rings. The number of carboxylic acid groups (broad SMARTS) is 1. The molecule has 0 bridgehead atoms. The van der Waals surface area contributed by atoms with Gasteiger partial charge < -0.3 is 19.8 Å². The molecule has 0 amide bonds. The van der Waals surface area contributed by atoms with Crippen LogP contribution in [0.4, 0.5) is 5.95 Å². The molecule has 1 unspecified atom stereocenters. The summed E-state index contributed by atoms with van der Waals surface area (Å²) in [5.41, 5.74) is 2.17. The van der Waals surface area contributed by atoms with Crippen LogP contribution >= 0.6 is 0 Å². The van der Waals surface area contributed by atoms with Crippen molar-refractivity contribution in [3.8, 4) is 16.9 Å². The summed E-state index contributed by atoms with van der Waals surface area (Å²) in [4.78, 5) is 22.1. The fourth-order valence-corrected chi connectivity index (χ4v) is 3.07. The number of aliphatic hydroxyl groups excluding tert-OH is 1. The molecule has 25 heavy (non-hydrogen) atoms. The number of aromatic nitrogens is 2. The number of piperidine rings is 1. The first kappa shape index (κ1) is 17.2. The lowest BCUT2D eigenvalue weighted by molar-refractivity contribution is 0.0696. The summed E-state index contributed by atoms with van der Waals surface area (Å²) in [6.45, 7) is 3.07. The summed E-state index contributed by atoms with van der Waals surface area (Å²) >= 11 is 0. The third-order valence-corrected chi connectivity index (χ3v) is 4.41. The predicted octanol–water partition coefficient (Wildman–Crippen LogP) is 2.12. The van der Waals surface area contributed by atoms with Crippen molar-refractivity contribution in [2.45, 2.75) is 25.9 Å². The van der Waals surface area contributed by atoms with E-state index >= 15 is 0 Å². The number of aromatic carboxylic acids is 1. The summed E-state index contributed by atoms with van der Waals surface area (Å²) in [6, 6.07) is 3.28. The van der Waals surface area contributed by atoms with Crippen LogP contribution in [0.25, 0.3) is 11.1 Å². The highest BCUT2D eigenvalue weighted by atomic mass is 16.5. The van der Waals surface area contributed by atoms with Crippen LogP contribution in [0.1, 0.15) is 28.8 Å². The molecule has 1 atom stereocenters. The fraction of sp³-hybridized carbons (Fsp3) is 0.389. The smallest absolute Gasteiger partial charge is 0.335 e. The van der Waals surface area contributed by atoms with Gasteiger partial charge in [-0.1, -0.05) is 0 Å². The molecule has 3 rings (SSSR count). The lowest BCUT2D eigenvalue weighted by Gasteiger charge is -2.29. The highest BCUT2D eigenvalue weighted by molar-refractivity contribution is 5.92. The molecule has 2 N–H and O–H groups in total. The van der Waals surface area contributed by atoms with Gasteiger partial charge in [0.05, 0.1) is 18.8 Å². The Balaban J connectivity index is 1.94. The van der Waals surface area contributed by atoms with Crippen molar-refractivity contribution in [3.05, 3.63) is 35.7 Å². The number of hydrogen-bond donors (Lipinski definition) is 2. The fourth-order valence-electron chi connectivity index (χ4n) is 3.07. The van der Waals surface area contributed by atoms with E-state index in [-0.39, 0.29) is 11.7 Å². The Morgan fingerprint density at radius 1 is 1.32 bits per heavy atom. The van der Waals surface area contributed by atoms with Crippen LogP contribution < -0.4 is 9.64 Å². The van der Waals surface area contributed by atoms with Crippen molar-refractivity contribution in [3.63, 3.8) is 0 Å². The van der Waals surface area contributed by atoms with Gasteiger partial charge in [0.1, 0.15) is 5.75 Å². The molecule has 1 aliphatic heterocycles. The number of rotatable bonds is 4. The largest absolute Gasteiger partial charge is 0.496 e. The van der Waals surface area contributed by atoms with Crippen LogP contribution in [-0.2, 0) is 0 Å². The molecule has 0 aliphatic carbocycles. The van der Waals surface area contributed by atoms with E-state index < -0.39 is 5.97 Å². The molecule has 0 radical (unpaired) electrons. The number of ether oxygens (including phenoxy) is 1. The van der Waals surface area contributed by atoms with Gasteiger partial charge in [0.15, 0.2) is 0 Å².